The number of nitrogens with one attached hydrogen (secondary N) is 3. The molecule has 2 rings (SSSR count). The molecule has 0 aromatic rings. The third-order valence-electron chi connectivity index (χ3n) is 2.02. The molecule has 0 spiro atoms. The van der Waals surface area contributed by atoms with Crippen LogP contribution in [0.3, 0.4) is 0 Å². The van der Waals surface area contributed by atoms with Gasteiger partial charge in [-0.15, -0.1) is 0 Å². The minimum Gasteiger partial charge on any atom is -0.352 e. The van der Waals surface area contributed by atoms with E-state index in [1.54, 1.807) is 0 Å². The van der Waals surface area contributed by atoms with Gasteiger partial charge in [0.15, 0.2) is 0 Å². The SMILES string of the molecule is O=C1CC(C(=O)NC2CC2)NN1. The number of carbonyl (C=O) groups excluding carboxylic acids is 2. The van der Waals surface area contributed by atoms with Crippen molar-refractivity contribution in [2.45, 2.75) is 31.3 Å². The third kappa shape index (κ3) is 1.55. The van der Waals surface area contributed by atoms with E-state index in [0.717, 1.165) is 12.8 Å². The Hall–Kier alpha value is -1.10. The van der Waals surface area contributed by atoms with Crippen molar-refractivity contribution >= 4 is 11.8 Å². The molecule has 2 amide bonds. The van der Waals surface area contributed by atoms with E-state index in [9.17, 15) is 9.59 Å². The number of rotatable bonds is 2. The molecule has 0 aromatic carbocycles. The van der Waals surface area contributed by atoms with Gasteiger partial charge in [0, 0.05) is 6.04 Å². The van der Waals surface area contributed by atoms with Crippen LogP contribution in [-0.2, 0) is 9.59 Å². The second-order valence-electron chi connectivity index (χ2n) is 3.23. The van der Waals surface area contributed by atoms with E-state index in [4.69, 9.17) is 0 Å². The van der Waals surface area contributed by atoms with Gasteiger partial charge in [0.1, 0.15) is 6.04 Å². The maximum Gasteiger partial charge on any atom is 0.239 e. The zero-order chi connectivity index (χ0) is 8.55. The Bertz CT molecular complexity index is 225. The fourth-order valence-electron chi connectivity index (χ4n) is 1.14. The first-order valence-corrected chi connectivity index (χ1v) is 4.10. The van der Waals surface area contributed by atoms with Crippen molar-refractivity contribution in [3.05, 3.63) is 0 Å². The molecular formula is C7H11N3O2. The summed E-state index contributed by atoms with van der Waals surface area (Å²) in [4.78, 5) is 22.0. The topological polar surface area (TPSA) is 70.2 Å². The van der Waals surface area contributed by atoms with Crippen LogP contribution in [-0.4, -0.2) is 23.9 Å². The molecule has 1 saturated heterocycles. The smallest absolute Gasteiger partial charge is 0.239 e. The van der Waals surface area contributed by atoms with E-state index in [2.05, 4.69) is 16.2 Å². The molecule has 66 valence electrons. The van der Waals surface area contributed by atoms with Crippen molar-refractivity contribution in [3.63, 3.8) is 0 Å². The quantitative estimate of drug-likeness (QED) is 0.479. The highest BCUT2D eigenvalue weighted by Crippen LogP contribution is 2.18. The molecule has 5 heteroatoms. The molecule has 0 aromatic heterocycles. The molecule has 5 nitrogen and oxygen atoms in total. The molecule has 12 heavy (non-hydrogen) atoms. The van der Waals surface area contributed by atoms with Gasteiger partial charge in [0.25, 0.3) is 0 Å². The van der Waals surface area contributed by atoms with Crippen molar-refractivity contribution in [1.82, 2.24) is 16.2 Å². The first-order valence-electron chi connectivity index (χ1n) is 4.10. The van der Waals surface area contributed by atoms with Crippen LogP contribution in [0.4, 0.5) is 0 Å². The highest BCUT2D eigenvalue weighted by Gasteiger charge is 2.31. The molecule has 1 saturated carbocycles. The van der Waals surface area contributed by atoms with Gasteiger partial charge in [-0.05, 0) is 12.8 Å². The summed E-state index contributed by atoms with van der Waals surface area (Å²) in [5, 5.41) is 2.82. The van der Waals surface area contributed by atoms with Crippen LogP contribution in [0, 0.1) is 0 Å². The van der Waals surface area contributed by atoms with Crippen LogP contribution in [0.25, 0.3) is 0 Å². The molecule has 3 N–H and O–H groups in total. The molecule has 1 heterocycles. The number of hydrogen-bond acceptors (Lipinski definition) is 3. The number of carbonyl (C=O) groups is 2. The Kier molecular flexibility index (Phi) is 1.73. The van der Waals surface area contributed by atoms with Crippen LogP contribution in [0.5, 0.6) is 0 Å². The van der Waals surface area contributed by atoms with Gasteiger partial charge >= 0.3 is 0 Å². The van der Waals surface area contributed by atoms with Gasteiger partial charge in [-0.1, -0.05) is 0 Å². The molecule has 2 fully saturated rings. The molecule has 0 radical (unpaired) electrons. The lowest BCUT2D eigenvalue weighted by Gasteiger charge is -2.07. The summed E-state index contributed by atoms with van der Waals surface area (Å²) in [6.45, 7) is 0. The van der Waals surface area contributed by atoms with Crippen molar-refractivity contribution in [3.8, 4) is 0 Å². The van der Waals surface area contributed by atoms with Crippen LogP contribution < -0.4 is 16.2 Å². The van der Waals surface area contributed by atoms with Crippen LogP contribution >= 0.6 is 0 Å². The fraction of sp³-hybridized carbons (Fsp3) is 0.714. The maximum atomic E-state index is 11.3. The number of hydrazine groups is 1. The molecule has 1 aliphatic carbocycles. The van der Waals surface area contributed by atoms with E-state index >= 15 is 0 Å². The first-order chi connectivity index (χ1) is 5.75. The summed E-state index contributed by atoms with van der Waals surface area (Å²) in [7, 11) is 0. The van der Waals surface area contributed by atoms with Crippen LogP contribution in [0.15, 0.2) is 0 Å². The average Bonchev–Trinajstić information content (AvgIpc) is 2.72. The van der Waals surface area contributed by atoms with Crippen molar-refractivity contribution in [1.29, 1.82) is 0 Å². The van der Waals surface area contributed by atoms with Crippen molar-refractivity contribution < 1.29 is 9.59 Å². The maximum absolute atomic E-state index is 11.3. The predicted octanol–water partition coefficient (Wildman–Crippen LogP) is -1.34. The first kappa shape index (κ1) is 7.54. The van der Waals surface area contributed by atoms with Gasteiger partial charge in [-0.3, -0.25) is 15.0 Å². The van der Waals surface area contributed by atoms with Gasteiger partial charge < -0.3 is 5.32 Å². The molecular weight excluding hydrogens is 158 g/mol. The second kappa shape index (κ2) is 2.75. The lowest BCUT2D eigenvalue weighted by atomic mass is 10.2. The summed E-state index contributed by atoms with van der Waals surface area (Å²) in [5.41, 5.74) is 5.02. The fourth-order valence-corrected chi connectivity index (χ4v) is 1.14. The Morgan fingerprint density at radius 3 is 2.75 bits per heavy atom. The number of hydrogen-bond donors (Lipinski definition) is 3. The zero-order valence-corrected chi connectivity index (χ0v) is 6.59. The summed E-state index contributed by atoms with van der Waals surface area (Å²) in [6, 6.07) is -0.0203. The summed E-state index contributed by atoms with van der Waals surface area (Å²) in [5.74, 6) is -0.193. The minimum absolute atomic E-state index is 0.0733. The second-order valence-corrected chi connectivity index (χ2v) is 3.23. The Morgan fingerprint density at radius 2 is 2.25 bits per heavy atom. The van der Waals surface area contributed by atoms with E-state index < -0.39 is 0 Å². The van der Waals surface area contributed by atoms with Crippen molar-refractivity contribution in [2.75, 3.05) is 0 Å². The monoisotopic (exact) mass is 169 g/mol. The van der Waals surface area contributed by atoms with Crippen LogP contribution in [0.2, 0.25) is 0 Å². The number of amides is 2. The van der Waals surface area contributed by atoms with Crippen LogP contribution in [0.1, 0.15) is 19.3 Å². The van der Waals surface area contributed by atoms with E-state index in [-0.39, 0.29) is 24.3 Å². The van der Waals surface area contributed by atoms with Gasteiger partial charge in [-0.2, -0.15) is 0 Å². The highest BCUT2D eigenvalue weighted by atomic mass is 16.2. The van der Waals surface area contributed by atoms with Crippen molar-refractivity contribution in [2.24, 2.45) is 0 Å². The molecule has 0 bridgehead atoms. The minimum atomic E-state index is -0.377. The van der Waals surface area contributed by atoms with Gasteiger partial charge in [-0.25, -0.2) is 5.43 Å². The Labute approximate surface area is 69.9 Å². The predicted molar refractivity (Wildman–Crippen MR) is 40.8 cm³/mol. The van der Waals surface area contributed by atoms with E-state index in [1.165, 1.54) is 0 Å². The third-order valence-corrected chi connectivity index (χ3v) is 2.02. The average molecular weight is 169 g/mol. The molecule has 2 aliphatic rings. The summed E-state index contributed by atoms with van der Waals surface area (Å²) < 4.78 is 0. The largest absolute Gasteiger partial charge is 0.352 e. The summed E-state index contributed by atoms with van der Waals surface area (Å²) in [6.07, 6.45) is 2.39. The lowest BCUT2D eigenvalue weighted by molar-refractivity contribution is -0.124. The Morgan fingerprint density at radius 1 is 1.50 bits per heavy atom. The standard InChI is InChI=1S/C7H11N3O2/c11-6-3-5(9-10-6)7(12)8-4-1-2-4/h4-5,9H,1-3H2,(H,8,12)(H,10,11). The molecule has 1 unspecified atom stereocenters. The van der Waals surface area contributed by atoms with Gasteiger partial charge in [0.2, 0.25) is 11.8 Å². The molecule has 1 atom stereocenters. The lowest BCUT2D eigenvalue weighted by Crippen LogP contribution is -2.43. The molecule has 1 aliphatic heterocycles. The zero-order valence-electron chi connectivity index (χ0n) is 6.59. The van der Waals surface area contributed by atoms with E-state index in [1.807, 2.05) is 0 Å². The highest BCUT2D eigenvalue weighted by molar-refractivity contribution is 5.91. The normalized spacial score (nSPS) is 28.3. The van der Waals surface area contributed by atoms with Gasteiger partial charge in [0.05, 0.1) is 6.42 Å². The summed E-state index contributed by atoms with van der Waals surface area (Å²) >= 11 is 0. The van der Waals surface area contributed by atoms with E-state index in [0.29, 0.717) is 6.04 Å². The Balaban J connectivity index is 1.82.